The van der Waals surface area contributed by atoms with Crippen molar-refractivity contribution in [3.8, 4) is 22.6 Å². The quantitative estimate of drug-likeness (QED) is 0.915. The average Bonchev–Trinajstić information content (AvgIpc) is 2.52. The van der Waals surface area contributed by atoms with Crippen molar-refractivity contribution in [2.75, 3.05) is 20.3 Å². The number of halogens is 3. The highest BCUT2D eigenvalue weighted by molar-refractivity contribution is 5.67. The Morgan fingerprint density at radius 2 is 1.77 bits per heavy atom. The van der Waals surface area contributed by atoms with Crippen molar-refractivity contribution in [1.29, 1.82) is 0 Å². The van der Waals surface area contributed by atoms with Crippen molar-refractivity contribution < 1.29 is 22.6 Å². The van der Waals surface area contributed by atoms with E-state index in [1.54, 1.807) is 30.3 Å². The zero-order chi connectivity index (χ0) is 16.2. The topological polar surface area (TPSA) is 44.5 Å². The lowest BCUT2D eigenvalue weighted by molar-refractivity contribution is -0.138. The van der Waals surface area contributed by atoms with Crippen LogP contribution in [-0.2, 0) is 6.18 Å². The molecule has 6 heteroatoms. The number of methoxy groups -OCH3 is 1. The summed E-state index contributed by atoms with van der Waals surface area (Å²) in [5, 5.41) is 0. The van der Waals surface area contributed by atoms with Crippen LogP contribution in [0.5, 0.6) is 11.5 Å². The van der Waals surface area contributed by atoms with Crippen molar-refractivity contribution in [2.45, 2.75) is 6.18 Å². The Bertz CT molecular complexity index is 642. The molecule has 0 fully saturated rings. The number of benzene rings is 2. The summed E-state index contributed by atoms with van der Waals surface area (Å²) in [5.41, 5.74) is 5.52. The van der Waals surface area contributed by atoms with Gasteiger partial charge in [-0.3, -0.25) is 0 Å². The van der Waals surface area contributed by atoms with Crippen LogP contribution in [-0.4, -0.2) is 20.3 Å². The standard InChI is InChI=1S/C16H16F3NO2/c1-21-13-4-2-3-11(9-13)12-5-6-15(22-8-7-20)14(10-12)16(17,18)19/h2-6,9-10H,7-8,20H2,1H3. The fourth-order valence-electron chi connectivity index (χ4n) is 2.03. The first-order chi connectivity index (χ1) is 10.5. The van der Waals surface area contributed by atoms with Gasteiger partial charge in [0.15, 0.2) is 0 Å². The van der Waals surface area contributed by atoms with Gasteiger partial charge < -0.3 is 15.2 Å². The lowest BCUT2D eigenvalue weighted by atomic mass is 10.0. The summed E-state index contributed by atoms with van der Waals surface area (Å²) in [6, 6.07) is 10.8. The second kappa shape index (κ2) is 6.70. The summed E-state index contributed by atoms with van der Waals surface area (Å²) in [5.74, 6) is 0.360. The molecule has 0 aliphatic rings. The molecular formula is C16H16F3NO2. The molecule has 0 atom stereocenters. The number of nitrogens with two attached hydrogens (primary N) is 1. The minimum absolute atomic E-state index is 0.0294. The zero-order valence-corrected chi connectivity index (χ0v) is 12.0. The van der Waals surface area contributed by atoms with E-state index >= 15 is 0 Å². The number of hydrogen-bond acceptors (Lipinski definition) is 3. The Hall–Kier alpha value is -2.21. The Morgan fingerprint density at radius 1 is 1.05 bits per heavy atom. The summed E-state index contributed by atoms with van der Waals surface area (Å²) < 4.78 is 49.7. The molecule has 0 bridgehead atoms. The molecule has 0 aliphatic carbocycles. The molecule has 0 amide bonds. The summed E-state index contributed by atoms with van der Waals surface area (Å²) in [6.07, 6.45) is -4.50. The van der Waals surface area contributed by atoms with Crippen molar-refractivity contribution in [3.63, 3.8) is 0 Å². The van der Waals surface area contributed by atoms with Crippen LogP contribution in [0.1, 0.15) is 5.56 Å². The largest absolute Gasteiger partial charge is 0.497 e. The van der Waals surface area contributed by atoms with Crippen molar-refractivity contribution in [1.82, 2.24) is 0 Å². The number of ether oxygens (including phenoxy) is 2. The van der Waals surface area contributed by atoms with Gasteiger partial charge >= 0.3 is 6.18 Å². The molecule has 2 aromatic carbocycles. The lowest BCUT2D eigenvalue weighted by Gasteiger charge is -2.15. The van der Waals surface area contributed by atoms with Crippen molar-refractivity contribution in [2.24, 2.45) is 5.73 Å². The molecule has 0 saturated carbocycles. The van der Waals surface area contributed by atoms with Crippen LogP contribution in [0, 0.1) is 0 Å². The molecule has 2 rings (SSSR count). The smallest absolute Gasteiger partial charge is 0.419 e. The molecule has 2 N–H and O–H groups in total. The molecule has 0 radical (unpaired) electrons. The first kappa shape index (κ1) is 16.2. The van der Waals surface area contributed by atoms with E-state index in [4.69, 9.17) is 15.2 Å². The first-order valence-corrected chi connectivity index (χ1v) is 6.64. The maximum atomic E-state index is 13.2. The van der Waals surface area contributed by atoms with E-state index in [1.165, 1.54) is 13.2 Å². The number of rotatable bonds is 5. The van der Waals surface area contributed by atoms with Gasteiger partial charge in [0.25, 0.3) is 0 Å². The Kier molecular flexibility index (Phi) is 4.92. The number of alkyl halides is 3. The van der Waals surface area contributed by atoms with Gasteiger partial charge in [0, 0.05) is 6.54 Å². The van der Waals surface area contributed by atoms with E-state index in [0.29, 0.717) is 16.9 Å². The van der Waals surface area contributed by atoms with Crippen molar-refractivity contribution >= 4 is 0 Å². The van der Waals surface area contributed by atoms with Crippen molar-refractivity contribution in [3.05, 3.63) is 48.0 Å². The van der Waals surface area contributed by atoms with Crippen LogP contribution in [0.2, 0.25) is 0 Å². The third-order valence-corrected chi connectivity index (χ3v) is 3.06. The third kappa shape index (κ3) is 3.71. The van der Waals surface area contributed by atoms with Gasteiger partial charge in [-0.2, -0.15) is 13.2 Å². The number of hydrogen-bond donors (Lipinski definition) is 1. The zero-order valence-electron chi connectivity index (χ0n) is 12.0. The van der Waals surface area contributed by atoms with E-state index in [0.717, 1.165) is 6.07 Å². The predicted molar refractivity (Wildman–Crippen MR) is 78.0 cm³/mol. The van der Waals surface area contributed by atoms with E-state index < -0.39 is 11.7 Å². The second-order valence-electron chi connectivity index (χ2n) is 4.58. The van der Waals surface area contributed by atoms with E-state index in [1.807, 2.05) is 0 Å². The molecule has 118 valence electrons. The van der Waals surface area contributed by atoms with Gasteiger partial charge in [0.2, 0.25) is 0 Å². The Morgan fingerprint density at radius 3 is 2.41 bits per heavy atom. The minimum Gasteiger partial charge on any atom is -0.497 e. The minimum atomic E-state index is -4.50. The van der Waals surface area contributed by atoms with Gasteiger partial charge in [0.05, 0.1) is 12.7 Å². The summed E-state index contributed by atoms with van der Waals surface area (Å²) in [6.45, 7) is 0.177. The predicted octanol–water partition coefficient (Wildman–Crippen LogP) is 3.72. The summed E-state index contributed by atoms with van der Waals surface area (Å²) in [4.78, 5) is 0. The van der Waals surface area contributed by atoms with Gasteiger partial charge in [-0.15, -0.1) is 0 Å². The third-order valence-electron chi connectivity index (χ3n) is 3.06. The second-order valence-corrected chi connectivity index (χ2v) is 4.58. The van der Waals surface area contributed by atoms with Crippen LogP contribution in [0.25, 0.3) is 11.1 Å². The maximum Gasteiger partial charge on any atom is 0.419 e. The fourth-order valence-corrected chi connectivity index (χ4v) is 2.03. The maximum absolute atomic E-state index is 13.2. The van der Waals surface area contributed by atoms with E-state index in [-0.39, 0.29) is 18.9 Å². The molecular weight excluding hydrogens is 295 g/mol. The Labute approximate surface area is 126 Å². The van der Waals surface area contributed by atoms with Crippen LogP contribution < -0.4 is 15.2 Å². The SMILES string of the molecule is COc1cccc(-c2ccc(OCCN)c(C(F)(F)F)c2)c1. The molecule has 0 aliphatic heterocycles. The highest BCUT2D eigenvalue weighted by atomic mass is 19.4. The highest BCUT2D eigenvalue weighted by Gasteiger charge is 2.34. The molecule has 3 nitrogen and oxygen atoms in total. The Balaban J connectivity index is 2.45. The van der Waals surface area contributed by atoms with Gasteiger partial charge in [-0.05, 0) is 35.4 Å². The van der Waals surface area contributed by atoms with Gasteiger partial charge in [0.1, 0.15) is 18.1 Å². The van der Waals surface area contributed by atoms with Crippen LogP contribution >= 0.6 is 0 Å². The molecule has 22 heavy (non-hydrogen) atoms. The lowest BCUT2D eigenvalue weighted by Crippen LogP contribution is -2.14. The first-order valence-electron chi connectivity index (χ1n) is 6.64. The van der Waals surface area contributed by atoms with Gasteiger partial charge in [-0.25, -0.2) is 0 Å². The fraction of sp³-hybridized carbons (Fsp3) is 0.250. The normalized spacial score (nSPS) is 11.3. The van der Waals surface area contributed by atoms with Crippen LogP contribution in [0.15, 0.2) is 42.5 Å². The molecule has 0 spiro atoms. The monoisotopic (exact) mass is 311 g/mol. The summed E-state index contributed by atoms with van der Waals surface area (Å²) in [7, 11) is 1.50. The van der Waals surface area contributed by atoms with Crippen LogP contribution in [0.4, 0.5) is 13.2 Å². The van der Waals surface area contributed by atoms with Gasteiger partial charge in [-0.1, -0.05) is 18.2 Å². The molecule has 0 aromatic heterocycles. The molecule has 0 unspecified atom stereocenters. The highest BCUT2D eigenvalue weighted by Crippen LogP contribution is 2.39. The average molecular weight is 311 g/mol. The van der Waals surface area contributed by atoms with E-state index in [2.05, 4.69) is 0 Å². The summed E-state index contributed by atoms with van der Waals surface area (Å²) >= 11 is 0. The van der Waals surface area contributed by atoms with E-state index in [9.17, 15) is 13.2 Å². The molecule has 0 saturated heterocycles. The molecule has 2 aromatic rings. The van der Waals surface area contributed by atoms with Crippen LogP contribution in [0.3, 0.4) is 0 Å². The molecule has 0 heterocycles.